The molecule has 0 aromatic carbocycles. The van der Waals surface area contributed by atoms with Crippen LogP contribution < -0.4 is 5.32 Å². The Labute approximate surface area is 127 Å². The number of ether oxygens (including phenoxy) is 2. The Morgan fingerprint density at radius 3 is 2.62 bits per heavy atom. The molecule has 0 saturated heterocycles. The van der Waals surface area contributed by atoms with Gasteiger partial charge in [0.05, 0.1) is 12.3 Å². The van der Waals surface area contributed by atoms with Gasteiger partial charge in [-0.1, -0.05) is 25.7 Å². The Balaban J connectivity index is 2.06. The lowest BCUT2D eigenvalue weighted by Crippen LogP contribution is -2.31. The van der Waals surface area contributed by atoms with Crippen molar-refractivity contribution in [3.63, 3.8) is 0 Å². The number of rotatable bonds is 7. The van der Waals surface area contributed by atoms with E-state index in [1.807, 2.05) is 12.3 Å². The normalized spacial score (nSPS) is 18.4. The summed E-state index contributed by atoms with van der Waals surface area (Å²) in [4.78, 5) is 9.24. The minimum atomic E-state index is -0.293. The summed E-state index contributed by atoms with van der Waals surface area (Å²) < 4.78 is 10.9. The third kappa shape index (κ3) is 4.46. The summed E-state index contributed by atoms with van der Waals surface area (Å²) in [6.45, 7) is 2.27. The number of nitrogens with zero attached hydrogens (tertiary/aromatic N) is 2. The van der Waals surface area contributed by atoms with E-state index in [-0.39, 0.29) is 5.60 Å². The first kappa shape index (κ1) is 16.3. The molecule has 118 valence electrons. The molecule has 1 aromatic rings. The van der Waals surface area contributed by atoms with E-state index in [0.717, 1.165) is 37.4 Å². The molecule has 1 heterocycles. The molecule has 5 heteroatoms. The third-order valence-electron chi connectivity index (χ3n) is 4.21. The molecular weight excluding hydrogens is 266 g/mol. The van der Waals surface area contributed by atoms with Crippen LogP contribution in [0.15, 0.2) is 12.3 Å². The molecular formula is C16H27N3O2. The van der Waals surface area contributed by atoms with Crippen molar-refractivity contribution >= 4 is 0 Å². The molecule has 0 amide bonds. The molecule has 1 N–H and O–H groups in total. The van der Waals surface area contributed by atoms with Crippen molar-refractivity contribution in [2.75, 3.05) is 27.4 Å². The van der Waals surface area contributed by atoms with Crippen molar-refractivity contribution in [1.29, 1.82) is 0 Å². The van der Waals surface area contributed by atoms with Crippen LogP contribution in [-0.4, -0.2) is 37.3 Å². The summed E-state index contributed by atoms with van der Waals surface area (Å²) in [6.07, 6.45) is 8.82. The van der Waals surface area contributed by atoms with E-state index in [2.05, 4.69) is 10.3 Å². The topological polar surface area (TPSA) is 56.3 Å². The predicted octanol–water partition coefficient (Wildman–Crippen LogP) is 2.41. The number of hydrogen-bond donors (Lipinski definition) is 1. The Bertz CT molecular complexity index is 418. The maximum Gasteiger partial charge on any atom is 0.160 e. The average molecular weight is 293 g/mol. The average Bonchev–Trinajstić information content (AvgIpc) is 2.78. The molecule has 1 aliphatic carbocycles. The fraction of sp³-hybridized carbons (Fsp3) is 0.750. The van der Waals surface area contributed by atoms with Crippen molar-refractivity contribution in [3.8, 4) is 0 Å². The fourth-order valence-corrected chi connectivity index (χ4v) is 2.92. The molecule has 0 atom stereocenters. The van der Waals surface area contributed by atoms with Crippen molar-refractivity contribution < 1.29 is 9.47 Å². The second kappa shape index (κ2) is 8.41. The lowest BCUT2D eigenvalue weighted by atomic mass is 9.93. The number of hydrogen-bond acceptors (Lipinski definition) is 5. The summed E-state index contributed by atoms with van der Waals surface area (Å²) >= 11 is 0. The van der Waals surface area contributed by atoms with E-state index in [4.69, 9.17) is 14.5 Å². The first-order chi connectivity index (χ1) is 10.3. The number of aromatic nitrogens is 2. The van der Waals surface area contributed by atoms with Crippen LogP contribution in [0.2, 0.25) is 0 Å². The highest BCUT2D eigenvalue weighted by molar-refractivity contribution is 5.09. The Morgan fingerprint density at radius 1 is 1.19 bits per heavy atom. The zero-order valence-electron chi connectivity index (χ0n) is 13.2. The molecule has 2 rings (SSSR count). The van der Waals surface area contributed by atoms with Crippen LogP contribution in [0.3, 0.4) is 0 Å². The molecule has 1 aromatic heterocycles. The van der Waals surface area contributed by atoms with Crippen LogP contribution in [-0.2, 0) is 21.6 Å². The van der Waals surface area contributed by atoms with Gasteiger partial charge in [0, 0.05) is 33.5 Å². The monoisotopic (exact) mass is 293 g/mol. The Morgan fingerprint density at radius 2 is 1.95 bits per heavy atom. The van der Waals surface area contributed by atoms with E-state index >= 15 is 0 Å². The second-order valence-corrected chi connectivity index (χ2v) is 5.65. The first-order valence-corrected chi connectivity index (χ1v) is 7.88. The van der Waals surface area contributed by atoms with E-state index in [1.54, 1.807) is 14.2 Å². The van der Waals surface area contributed by atoms with Gasteiger partial charge in [0.2, 0.25) is 0 Å². The van der Waals surface area contributed by atoms with E-state index in [1.165, 1.54) is 25.7 Å². The molecule has 0 bridgehead atoms. The SMILES string of the molecule is COCCNCc1ccnc(C2(OC)CCCCCC2)n1. The van der Waals surface area contributed by atoms with Gasteiger partial charge >= 0.3 is 0 Å². The zero-order chi connectivity index (χ0) is 15.0. The highest BCUT2D eigenvalue weighted by Crippen LogP contribution is 2.37. The van der Waals surface area contributed by atoms with Crippen LogP contribution >= 0.6 is 0 Å². The second-order valence-electron chi connectivity index (χ2n) is 5.65. The third-order valence-corrected chi connectivity index (χ3v) is 4.21. The highest BCUT2D eigenvalue weighted by Gasteiger charge is 2.35. The minimum absolute atomic E-state index is 0.293. The number of nitrogens with one attached hydrogen (secondary N) is 1. The quantitative estimate of drug-likeness (QED) is 0.618. The molecule has 1 saturated carbocycles. The Kier molecular flexibility index (Phi) is 6.54. The minimum Gasteiger partial charge on any atom is -0.383 e. The lowest BCUT2D eigenvalue weighted by Gasteiger charge is -2.29. The maximum atomic E-state index is 5.88. The molecule has 0 unspecified atom stereocenters. The van der Waals surface area contributed by atoms with Gasteiger partial charge in [-0.3, -0.25) is 0 Å². The largest absolute Gasteiger partial charge is 0.383 e. The summed E-state index contributed by atoms with van der Waals surface area (Å²) in [5, 5.41) is 3.32. The van der Waals surface area contributed by atoms with Crippen LogP contribution in [0.4, 0.5) is 0 Å². The summed E-state index contributed by atoms with van der Waals surface area (Å²) in [6, 6.07) is 1.96. The predicted molar refractivity (Wildman–Crippen MR) is 82.0 cm³/mol. The van der Waals surface area contributed by atoms with Gasteiger partial charge in [-0.05, 0) is 18.9 Å². The van der Waals surface area contributed by atoms with E-state index < -0.39 is 0 Å². The standard InChI is InChI=1S/C16H27N3O2/c1-20-12-11-17-13-14-7-10-18-15(19-14)16(21-2)8-5-3-4-6-9-16/h7,10,17H,3-6,8-9,11-13H2,1-2H3. The van der Waals surface area contributed by atoms with Crippen molar-refractivity contribution in [2.24, 2.45) is 0 Å². The lowest BCUT2D eigenvalue weighted by molar-refractivity contribution is -0.0353. The first-order valence-electron chi connectivity index (χ1n) is 7.88. The maximum absolute atomic E-state index is 5.88. The van der Waals surface area contributed by atoms with Crippen molar-refractivity contribution in [3.05, 3.63) is 23.8 Å². The molecule has 5 nitrogen and oxygen atoms in total. The smallest absolute Gasteiger partial charge is 0.160 e. The van der Waals surface area contributed by atoms with Crippen molar-refractivity contribution in [1.82, 2.24) is 15.3 Å². The molecule has 0 radical (unpaired) electrons. The van der Waals surface area contributed by atoms with Crippen LogP contribution in [0, 0.1) is 0 Å². The van der Waals surface area contributed by atoms with Gasteiger partial charge < -0.3 is 14.8 Å². The Hall–Kier alpha value is -1.04. The van der Waals surface area contributed by atoms with E-state index in [9.17, 15) is 0 Å². The summed E-state index contributed by atoms with van der Waals surface area (Å²) in [5.41, 5.74) is 0.718. The van der Waals surface area contributed by atoms with Gasteiger partial charge in [-0.25, -0.2) is 9.97 Å². The number of methoxy groups -OCH3 is 2. The van der Waals surface area contributed by atoms with Gasteiger partial charge in [0.1, 0.15) is 5.60 Å². The molecule has 0 spiro atoms. The van der Waals surface area contributed by atoms with Crippen LogP contribution in [0.25, 0.3) is 0 Å². The molecule has 1 fully saturated rings. The van der Waals surface area contributed by atoms with Gasteiger partial charge in [-0.2, -0.15) is 0 Å². The molecule has 21 heavy (non-hydrogen) atoms. The van der Waals surface area contributed by atoms with Crippen molar-refractivity contribution in [2.45, 2.75) is 50.7 Å². The molecule has 0 aliphatic heterocycles. The van der Waals surface area contributed by atoms with Gasteiger partial charge in [0.15, 0.2) is 5.82 Å². The highest BCUT2D eigenvalue weighted by atomic mass is 16.5. The van der Waals surface area contributed by atoms with E-state index in [0.29, 0.717) is 6.61 Å². The fourth-order valence-electron chi connectivity index (χ4n) is 2.92. The summed E-state index contributed by atoms with van der Waals surface area (Å²) in [5.74, 6) is 0.845. The molecule has 1 aliphatic rings. The van der Waals surface area contributed by atoms with Gasteiger partial charge in [0.25, 0.3) is 0 Å². The summed E-state index contributed by atoms with van der Waals surface area (Å²) in [7, 11) is 3.50. The van der Waals surface area contributed by atoms with Gasteiger partial charge in [-0.15, -0.1) is 0 Å². The zero-order valence-corrected chi connectivity index (χ0v) is 13.2. The van der Waals surface area contributed by atoms with Crippen LogP contribution in [0.1, 0.15) is 50.0 Å². The van der Waals surface area contributed by atoms with Crippen LogP contribution in [0.5, 0.6) is 0 Å².